The van der Waals surface area contributed by atoms with Crippen LogP contribution in [0.4, 0.5) is 0 Å². The molecular formula is C22H26O7. The number of hydrogen-bond donors (Lipinski definition) is 4. The molecule has 156 valence electrons. The van der Waals surface area contributed by atoms with Gasteiger partial charge in [-0.2, -0.15) is 0 Å². The fourth-order valence-electron chi connectivity index (χ4n) is 3.34. The summed E-state index contributed by atoms with van der Waals surface area (Å²) in [5, 5.41) is 38.5. The first-order valence-corrected chi connectivity index (χ1v) is 9.54. The lowest BCUT2D eigenvalue weighted by atomic mass is 9.91. The molecule has 7 heteroatoms. The predicted octanol–water partition coefficient (Wildman–Crippen LogP) is 1.59. The molecule has 29 heavy (non-hydrogen) atoms. The zero-order valence-electron chi connectivity index (χ0n) is 16.2. The largest absolute Gasteiger partial charge is 0.493 e. The van der Waals surface area contributed by atoms with Gasteiger partial charge in [0.1, 0.15) is 30.2 Å². The van der Waals surface area contributed by atoms with E-state index < -0.39 is 30.4 Å². The monoisotopic (exact) mass is 402 g/mol. The lowest BCUT2D eigenvalue weighted by Crippen LogP contribution is -2.49. The van der Waals surface area contributed by atoms with Crippen molar-refractivity contribution in [3.8, 4) is 5.75 Å². The molecular weight excluding hydrogens is 376 g/mol. The van der Waals surface area contributed by atoms with Crippen molar-refractivity contribution in [2.24, 2.45) is 0 Å². The van der Waals surface area contributed by atoms with Crippen LogP contribution in [0.25, 0.3) is 0 Å². The second-order valence-electron chi connectivity index (χ2n) is 7.30. The third-order valence-corrected chi connectivity index (χ3v) is 5.11. The number of ether oxygens (including phenoxy) is 2. The number of hydrogen-bond acceptors (Lipinski definition) is 6. The molecule has 0 aromatic heterocycles. The average molecular weight is 402 g/mol. The number of aliphatic hydroxyl groups is 3. The Balaban J connectivity index is 1.69. The number of aliphatic hydroxyl groups excluding tert-OH is 3. The second kappa shape index (κ2) is 9.37. The zero-order chi connectivity index (χ0) is 21.0. The van der Waals surface area contributed by atoms with E-state index in [0.717, 1.165) is 22.3 Å². The minimum atomic E-state index is -1.24. The van der Waals surface area contributed by atoms with Gasteiger partial charge in [-0.3, -0.25) is 4.79 Å². The van der Waals surface area contributed by atoms with Gasteiger partial charge in [-0.05, 0) is 47.7 Å². The molecule has 0 bridgehead atoms. The average Bonchev–Trinajstić information content (AvgIpc) is 2.69. The van der Waals surface area contributed by atoms with Crippen LogP contribution in [0.3, 0.4) is 0 Å². The van der Waals surface area contributed by atoms with Crippen molar-refractivity contribution in [3.05, 3.63) is 64.7 Å². The van der Waals surface area contributed by atoms with E-state index in [9.17, 15) is 20.1 Å². The highest BCUT2D eigenvalue weighted by atomic mass is 16.5. The van der Waals surface area contributed by atoms with Gasteiger partial charge >= 0.3 is 5.97 Å². The maximum Gasteiger partial charge on any atom is 0.306 e. The molecule has 7 nitrogen and oxygen atoms in total. The van der Waals surface area contributed by atoms with Crippen LogP contribution in [0.15, 0.2) is 42.5 Å². The van der Waals surface area contributed by atoms with E-state index in [0.29, 0.717) is 12.2 Å². The minimum Gasteiger partial charge on any atom is -0.493 e. The molecule has 2 aromatic carbocycles. The summed E-state index contributed by atoms with van der Waals surface area (Å²) in [7, 11) is 0. The second-order valence-corrected chi connectivity index (χ2v) is 7.30. The van der Waals surface area contributed by atoms with E-state index in [-0.39, 0.29) is 19.6 Å². The molecule has 4 atom stereocenters. The smallest absolute Gasteiger partial charge is 0.306 e. The van der Waals surface area contributed by atoms with Crippen LogP contribution in [0.1, 0.15) is 34.8 Å². The number of carboxylic acid groups (broad SMARTS) is 1. The van der Waals surface area contributed by atoms with Gasteiger partial charge in [0.05, 0.1) is 19.6 Å². The third kappa shape index (κ3) is 5.33. The summed E-state index contributed by atoms with van der Waals surface area (Å²) in [6, 6.07) is 13.2. The maximum atomic E-state index is 10.5. The highest BCUT2D eigenvalue weighted by Gasteiger charge is 2.38. The predicted molar refractivity (Wildman–Crippen MR) is 105 cm³/mol. The molecule has 0 radical (unpaired) electrons. The lowest BCUT2D eigenvalue weighted by Gasteiger charge is -2.35. The van der Waals surface area contributed by atoms with Crippen molar-refractivity contribution < 1.29 is 34.7 Å². The normalized spacial score (nSPS) is 24.3. The molecule has 0 unspecified atom stereocenters. The molecule has 3 rings (SSSR count). The van der Waals surface area contributed by atoms with Crippen molar-refractivity contribution >= 4 is 5.97 Å². The SMILES string of the molecule is Cc1ccc([C@@H]2OC[C@@H](O)[C@H](O)[C@H]2O)cc1Cc1ccc(OCCC(=O)O)cc1. The molecule has 1 fully saturated rings. The Morgan fingerprint density at radius 1 is 1.10 bits per heavy atom. The van der Waals surface area contributed by atoms with Crippen LogP contribution in [0.2, 0.25) is 0 Å². The standard InChI is InChI=1S/C22H26O7/c1-13-2-5-15(22-21(27)20(26)18(23)12-29-22)11-16(13)10-14-3-6-17(7-4-14)28-9-8-19(24)25/h2-7,11,18,20-23,26-27H,8-10,12H2,1H3,(H,24,25)/t18-,20+,21-,22+/m1/s1. The molecule has 2 aromatic rings. The van der Waals surface area contributed by atoms with Gasteiger partial charge < -0.3 is 29.9 Å². The summed E-state index contributed by atoms with van der Waals surface area (Å²) in [6.45, 7) is 2.09. The van der Waals surface area contributed by atoms with Crippen molar-refractivity contribution in [3.63, 3.8) is 0 Å². The van der Waals surface area contributed by atoms with Crippen molar-refractivity contribution in [1.82, 2.24) is 0 Å². The van der Waals surface area contributed by atoms with Crippen LogP contribution in [-0.4, -0.2) is 57.9 Å². The first-order chi connectivity index (χ1) is 13.8. The number of aryl methyl sites for hydroxylation is 1. The Morgan fingerprint density at radius 3 is 2.52 bits per heavy atom. The van der Waals surface area contributed by atoms with Crippen LogP contribution in [0.5, 0.6) is 5.75 Å². The van der Waals surface area contributed by atoms with Crippen LogP contribution in [-0.2, 0) is 16.0 Å². The lowest BCUT2D eigenvalue weighted by molar-refractivity contribution is -0.189. The van der Waals surface area contributed by atoms with E-state index in [1.165, 1.54) is 0 Å². The quantitative estimate of drug-likeness (QED) is 0.556. The molecule has 1 saturated heterocycles. The third-order valence-electron chi connectivity index (χ3n) is 5.11. The molecule has 1 aliphatic rings. The Hall–Kier alpha value is -2.45. The summed E-state index contributed by atoms with van der Waals surface area (Å²) < 4.78 is 11.0. The van der Waals surface area contributed by atoms with Crippen molar-refractivity contribution in [1.29, 1.82) is 0 Å². The summed E-state index contributed by atoms with van der Waals surface area (Å²) in [6.07, 6.45) is -3.62. The number of rotatable bonds is 7. The maximum absolute atomic E-state index is 10.5. The molecule has 1 heterocycles. The first-order valence-electron chi connectivity index (χ1n) is 9.54. The molecule has 1 aliphatic heterocycles. The first kappa shape index (κ1) is 21.3. The van der Waals surface area contributed by atoms with Gasteiger partial charge in [-0.1, -0.05) is 30.3 Å². The highest BCUT2D eigenvalue weighted by Crippen LogP contribution is 2.31. The molecule has 0 saturated carbocycles. The highest BCUT2D eigenvalue weighted by molar-refractivity contribution is 5.66. The summed E-state index contributed by atoms with van der Waals surface area (Å²) >= 11 is 0. The van der Waals surface area contributed by atoms with Gasteiger partial charge in [0.25, 0.3) is 0 Å². The van der Waals surface area contributed by atoms with Crippen LogP contribution < -0.4 is 4.74 Å². The van der Waals surface area contributed by atoms with Gasteiger partial charge in [0.15, 0.2) is 0 Å². The molecule has 0 amide bonds. The zero-order valence-corrected chi connectivity index (χ0v) is 16.2. The number of carboxylic acids is 1. The Morgan fingerprint density at radius 2 is 1.83 bits per heavy atom. The Bertz CT molecular complexity index is 834. The van der Waals surface area contributed by atoms with Crippen LogP contribution >= 0.6 is 0 Å². The molecule has 4 N–H and O–H groups in total. The van der Waals surface area contributed by atoms with Gasteiger partial charge in [0.2, 0.25) is 0 Å². The van der Waals surface area contributed by atoms with Crippen LogP contribution in [0, 0.1) is 6.92 Å². The number of carbonyl (C=O) groups is 1. The topological polar surface area (TPSA) is 116 Å². The number of aliphatic carboxylic acids is 1. The van der Waals surface area contributed by atoms with E-state index in [4.69, 9.17) is 14.6 Å². The Kier molecular flexibility index (Phi) is 6.87. The van der Waals surface area contributed by atoms with Gasteiger partial charge in [-0.15, -0.1) is 0 Å². The molecule has 0 aliphatic carbocycles. The summed E-state index contributed by atoms with van der Waals surface area (Å²) in [4.78, 5) is 10.5. The van der Waals surface area contributed by atoms with Crippen molar-refractivity contribution in [2.75, 3.05) is 13.2 Å². The Labute approximate surface area is 169 Å². The summed E-state index contributed by atoms with van der Waals surface area (Å²) in [5.41, 5.74) is 3.94. The fourth-order valence-corrected chi connectivity index (χ4v) is 3.34. The van der Waals surface area contributed by atoms with Crippen molar-refractivity contribution in [2.45, 2.75) is 44.2 Å². The minimum absolute atomic E-state index is 0.0323. The van der Waals surface area contributed by atoms with E-state index in [1.807, 2.05) is 49.4 Å². The van der Waals surface area contributed by atoms with Gasteiger partial charge in [-0.25, -0.2) is 0 Å². The number of benzene rings is 2. The van der Waals surface area contributed by atoms with Gasteiger partial charge in [0, 0.05) is 0 Å². The van der Waals surface area contributed by atoms with E-state index >= 15 is 0 Å². The van der Waals surface area contributed by atoms with E-state index in [1.54, 1.807) is 0 Å². The van der Waals surface area contributed by atoms with E-state index in [2.05, 4.69) is 0 Å². The fraction of sp³-hybridized carbons (Fsp3) is 0.409. The summed E-state index contributed by atoms with van der Waals surface area (Å²) in [5.74, 6) is -0.280. The molecule has 0 spiro atoms.